The zero-order valence-corrected chi connectivity index (χ0v) is 12.5. The van der Waals surface area contributed by atoms with Crippen molar-refractivity contribution in [1.29, 1.82) is 0 Å². The van der Waals surface area contributed by atoms with E-state index in [0.29, 0.717) is 0 Å². The van der Waals surface area contributed by atoms with Crippen molar-refractivity contribution in [2.24, 2.45) is 5.73 Å². The Balaban J connectivity index is 2.10. The van der Waals surface area contributed by atoms with E-state index in [2.05, 4.69) is 60.3 Å². The number of hydrogen-bond acceptors (Lipinski definition) is 4. The third kappa shape index (κ3) is 3.54. The summed E-state index contributed by atoms with van der Waals surface area (Å²) in [6.45, 7) is 8.50. The SMILES string of the molecule is CC(N)c1cnc(Nc2ccc(C(C)(C)C)cc2)cn1. The van der Waals surface area contributed by atoms with Gasteiger partial charge in [0.2, 0.25) is 0 Å². The molecule has 0 bridgehead atoms. The molecule has 1 aromatic heterocycles. The molecule has 0 saturated heterocycles. The Labute approximate surface area is 120 Å². The van der Waals surface area contributed by atoms with Crippen molar-refractivity contribution in [3.05, 3.63) is 47.9 Å². The Bertz CT molecular complexity index is 551. The number of anilines is 2. The minimum Gasteiger partial charge on any atom is -0.339 e. The van der Waals surface area contributed by atoms with Gasteiger partial charge in [-0.2, -0.15) is 0 Å². The van der Waals surface area contributed by atoms with Gasteiger partial charge in [0.15, 0.2) is 0 Å². The summed E-state index contributed by atoms with van der Waals surface area (Å²) < 4.78 is 0. The van der Waals surface area contributed by atoms with Gasteiger partial charge in [-0.3, -0.25) is 4.98 Å². The fourth-order valence-corrected chi connectivity index (χ4v) is 1.84. The number of benzene rings is 1. The molecule has 0 aliphatic carbocycles. The first kappa shape index (κ1) is 14.5. The van der Waals surface area contributed by atoms with Crippen molar-refractivity contribution in [2.45, 2.75) is 39.2 Å². The smallest absolute Gasteiger partial charge is 0.148 e. The quantitative estimate of drug-likeness (QED) is 0.895. The van der Waals surface area contributed by atoms with E-state index in [1.54, 1.807) is 12.4 Å². The van der Waals surface area contributed by atoms with E-state index in [9.17, 15) is 0 Å². The lowest BCUT2D eigenvalue weighted by Crippen LogP contribution is -2.10. The summed E-state index contributed by atoms with van der Waals surface area (Å²) in [5.74, 6) is 0.720. The zero-order valence-electron chi connectivity index (χ0n) is 12.5. The molecule has 20 heavy (non-hydrogen) atoms. The molecule has 106 valence electrons. The molecule has 3 N–H and O–H groups in total. The normalized spacial score (nSPS) is 13.1. The third-order valence-corrected chi connectivity index (χ3v) is 3.16. The molecule has 0 saturated carbocycles. The van der Waals surface area contributed by atoms with E-state index in [1.165, 1.54) is 5.56 Å². The number of aromatic nitrogens is 2. The highest BCUT2D eigenvalue weighted by Gasteiger charge is 2.12. The Kier molecular flexibility index (Phi) is 4.04. The summed E-state index contributed by atoms with van der Waals surface area (Å²) in [5, 5.41) is 3.23. The van der Waals surface area contributed by atoms with Crippen LogP contribution < -0.4 is 11.1 Å². The Morgan fingerprint density at radius 1 is 1.05 bits per heavy atom. The molecule has 1 unspecified atom stereocenters. The van der Waals surface area contributed by atoms with Crippen LogP contribution in [-0.2, 0) is 5.41 Å². The number of rotatable bonds is 3. The van der Waals surface area contributed by atoms with Gasteiger partial charge in [0.1, 0.15) is 5.82 Å². The standard InChI is InChI=1S/C16H22N4/c1-11(17)14-9-19-15(10-18-14)20-13-7-5-12(6-8-13)16(2,3)4/h5-11H,17H2,1-4H3,(H,19,20). The predicted octanol–water partition coefficient (Wildman–Crippen LogP) is 3.54. The van der Waals surface area contributed by atoms with Crippen molar-refractivity contribution in [2.75, 3.05) is 5.32 Å². The minimum atomic E-state index is -0.0948. The molecule has 1 heterocycles. The molecule has 1 atom stereocenters. The highest BCUT2D eigenvalue weighted by molar-refractivity contribution is 5.56. The topological polar surface area (TPSA) is 63.8 Å². The maximum atomic E-state index is 5.75. The number of nitrogens with two attached hydrogens (primary N) is 1. The Morgan fingerprint density at radius 2 is 1.70 bits per heavy atom. The van der Waals surface area contributed by atoms with Crippen molar-refractivity contribution in [3.63, 3.8) is 0 Å². The van der Waals surface area contributed by atoms with Crippen molar-refractivity contribution in [3.8, 4) is 0 Å². The fraction of sp³-hybridized carbons (Fsp3) is 0.375. The van der Waals surface area contributed by atoms with Crippen LogP contribution in [-0.4, -0.2) is 9.97 Å². The van der Waals surface area contributed by atoms with Crippen LogP contribution in [0.1, 0.15) is 45.0 Å². The molecule has 0 spiro atoms. The summed E-state index contributed by atoms with van der Waals surface area (Å²) in [7, 11) is 0. The number of hydrogen-bond donors (Lipinski definition) is 2. The van der Waals surface area contributed by atoms with E-state index in [4.69, 9.17) is 5.73 Å². The molecule has 1 aromatic carbocycles. The predicted molar refractivity (Wildman–Crippen MR) is 83.1 cm³/mol. The van der Waals surface area contributed by atoms with Gasteiger partial charge in [-0.05, 0) is 30.0 Å². The molecule has 0 radical (unpaired) electrons. The van der Waals surface area contributed by atoms with Crippen LogP contribution in [0.5, 0.6) is 0 Å². The van der Waals surface area contributed by atoms with Gasteiger partial charge in [0.05, 0.1) is 18.1 Å². The second kappa shape index (κ2) is 5.59. The van der Waals surface area contributed by atoms with E-state index in [-0.39, 0.29) is 11.5 Å². The maximum absolute atomic E-state index is 5.75. The van der Waals surface area contributed by atoms with Gasteiger partial charge in [-0.1, -0.05) is 32.9 Å². The van der Waals surface area contributed by atoms with Gasteiger partial charge in [0.25, 0.3) is 0 Å². The molecular formula is C16H22N4. The van der Waals surface area contributed by atoms with Gasteiger partial charge < -0.3 is 11.1 Å². The lowest BCUT2D eigenvalue weighted by Gasteiger charge is -2.19. The molecule has 0 amide bonds. The zero-order chi connectivity index (χ0) is 14.8. The Morgan fingerprint density at radius 3 is 2.15 bits per heavy atom. The summed E-state index contributed by atoms with van der Waals surface area (Å²) in [5.41, 5.74) is 9.01. The Hall–Kier alpha value is -1.94. The molecule has 2 rings (SSSR count). The average Bonchev–Trinajstić information content (AvgIpc) is 2.39. The van der Waals surface area contributed by atoms with Crippen LogP contribution in [0.15, 0.2) is 36.7 Å². The first-order chi connectivity index (χ1) is 9.36. The lowest BCUT2D eigenvalue weighted by molar-refractivity contribution is 0.590. The summed E-state index contributed by atoms with van der Waals surface area (Å²) >= 11 is 0. The van der Waals surface area contributed by atoms with E-state index < -0.39 is 0 Å². The monoisotopic (exact) mass is 270 g/mol. The van der Waals surface area contributed by atoms with Crippen molar-refractivity contribution < 1.29 is 0 Å². The fourth-order valence-electron chi connectivity index (χ4n) is 1.84. The maximum Gasteiger partial charge on any atom is 0.148 e. The van der Waals surface area contributed by atoms with E-state index in [0.717, 1.165) is 17.2 Å². The molecule has 4 heteroatoms. The van der Waals surface area contributed by atoms with Gasteiger partial charge in [-0.25, -0.2) is 4.98 Å². The first-order valence-electron chi connectivity index (χ1n) is 6.81. The van der Waals surface area contributed by atoms with Crippen LogP contribution in [0.3, 0.4) is 0 Å². The molecule has 4 nitrogen and oxygen atoms in total. The van der Waals surface area contributed by atoms with Crippen LogP contribution in [0.4, 0.5) is 11.5 Å². The first-order valence-corrected chi connectivity index (χ1v) is 6.81. The van der Waals surface area contributed by atoms with Gasteiger partial charge in [-0.15, -0.1) is 0 Å². The van der Waals surface area contributed by atoms with E-state index in [1.807, 2.05) is 6.92 Å². The third-order valence-electron chi connectivity index (χ3n) is 3.16. The van der Waals surface area contributed by atoms with Crippen molar-refractivity contribution in [1.82, 2.24) is 9.97 Å². The molecule has 0 aliphatic heterocycles. The second-order valence-corrected chi connectivity index (χ2v) is 6.07. The van der Waals surface area contributed by atoms with E-state index >= 15 is 0 Å². The minimum absolute atomic E-state index is 0.0948. The van der Waals surface area contributed by atoms with Crippen LogP contribution in [0.25, 0.3) is 0 Å². The average molecular weight is 270 g/mol. The molecule has 0 fully saturated rings. The lowest BCUT2D eigenvalue weighted by atomic mass is 9.87. The van der Waals surface area contributed by atoms with Gasteiger partial charge in [0, 0.05) is 11.7 Å². The van der Waals surface area contributed by atoms with Crippen molar-refractivity contribution >= 4 is 11.5 Å². The largest absolute Gasteiger partial charge is 0.339 e. The van der Waals surface area contributed by atoms with Crippen LogP contribution in [0, 0.1) is 0 Å². The highest BCUT2D eigenvalue weighted by atomic mass is 15.0. The van der Waals surface area contributed by atoms with Crippen LogP contribution >= 0.6 is 0 Å². The summed E-state index contributed by atoms with van der Waals surface area (Å²) in [6.07, 6.45) is 3.41. The highest BCUT2D eigenvalue weighted by Crippen LogP contribution is 2.24. The number of nitrogens with zero attached hydrogens (tertiary/aromatic N) is 2. The summed E-state index contributed by atoms with van der Waals surface area (Å²) in [4.78, 5) is 8.59. The molecule has 0 aliphatic rings. The molecule has 2 aromatic rings. The summed E-state index contributed by atoms with van der Waals surface area (Å²) in [6, 6.07) is 8.28. The van der Waals surface area contributed by atoms with Gasteiger partial charge >= 0.3 is 0 Å². The molecular weight excluding hydrogens is 248 g/mol. The van der Waals surface area contributed by atoms with Crippen LogP contribution in [0.2, 0.25) is 0 Å². The number of nitrogens with one attached hydrogen (secondary N) is 1. The second-order valence-electron chi connectivity index (χ2n) is 6.07.